The van der Waals surface area contributed by atoms with Crippen LogP contribution in [0.4, 0.5) is 0 Å². The normalized spacial score (nSPS) is 11.7. The SMILES string of the molecule is C=CCC(NC(=O)c1cccc(Br)c1Cl)C(=O)O. The van der Waals surface area contributed by atoms with Crippen LogP contribution >= 0.6 is 27.5 Å². The van der Waals surface area contributed by atoms with Crippen molar-refractivity contribution in [1.82, 2.24) is 5.32 Å². The van der Waals surface area contributed by atoms with E-state index in [-0.39, 0.29) is 17.0 Å². The van der Waals surface area contributed by atoms with Crippen molar-refractivity contribution in [2.75, 3.05) is 0 Å². The van der Waals surface area contributed by atoms with Crippen LogP contribution in [-0.4, -0.2) is 23.0 Å². The maximum absolute atomic E-state index is 11.9. The van der Waals surface area contributed by atoms with Gasteiger partial charge in [0.15, 0.2) is 0 Å². The Labute approximate surface area is 118 Å². The highest BCUT2D eigenvalue weighted by Crippen LogP contribution is 2.25. The van der Waals surface area contributed by atoms with Crippen LogP contribution in [0.5, 0.6) is 0 Å². The number of carbonyl (C=O) groups is 2. The molecule has 0 fully saturated rings. The molecule has 0 spiro atoms. The molecular weight excluding hydrogens is 321 g/mol. The summed E-state index contributed by atoms with van der Waals surface area (Å²) < 4.78 is 0.576. The Balaban J connectivity index is 2.90. The minimum absolute atomic E-state index is 0.146. The Hall–Kier alpha value is -1.33. The average Bonchev–Trinajstić information content (AvgIpc) is 2.31. The lowest BCUT2D eigenvalue weighted by atomic mass is 10.1. The fraction of sp³-hybridized carbons (Fsp3) is 0.167. The van der Waals surface area contributed by atoms with E-state index in [0.717, 1.165) is 0 Å². The van der Waals surface area contributed by atoms with E-state index in [2.05, 4.69) is 27.8 Å². The van der Waals surface area contributed by atoms with Gasteiger partial charge in [-0.3, -0.25) is 4.79 Å². The highest BCUT2D eigenvalue weighted by atomic mass is 79.9. The topological polar surface area (TPSA) is 66.4 Å². The Bertz CT molecular complexity index is 490. The highest BCUT2D eigenvalue weighted by Gasteiger charge is 2.20. The minimum atomic E-state index is -1.12. The fourth-order valence-corrected chi connectivity index (χ4v) is 1.88. The molecule has 0 saturated heterocycles. The third-order valence-corrected chi connectivity index (χ3v) is 3.50. The van der Waals surface area contributed by atoms with Gasteiger partial charge in [0.05, 0.1) is 10.6 Å². The summed E-state index contributed by atoms with van der Waals surface area (Å²) in [6, 6.07) is 3.85. The van der Waals surface area contributed by atoms with E-state index in [1.54, 1.807) is 12.1 Å². The summed E-state index contributed by atoms with van der Waals surface area (Å²) in [6.45, 7) is 3.45. The summed E-state index contributed by atoms with van der Waals surface area (Å²) in [6.07, 6.45) is 1.58. The highest BCUT2D eigenvalue weighted by molar-refractivity contribution is 9.10. The van der Waals surface area contributed by atoms with Gasteiger partial charge in [0.25, 0.3) is 5.91 Å². The van der Waals surface area contributed by atoms with Crippen molar-refractivity contribution in [3.05, 3.63) is 45.9 Å². The van der Waals surface area contributed by atoms with E-state index in [1.807, 2.05) is 0 Å². The van der Waals surface area contributed by atoms with Crippen LogP contribution in [0, 0.1) is 0 Å². The number of benzene rings is 1. The second-order valence-electron chi connectivity index (χ2n) is 3.49. The van der Waals surface area contributed by atoms with Crippen molar-refractivity contribution < 1.29 is 14.7 Å². The number of rotatable bonds is 5. The molecule has 0 aliphatic heterocycles. The molecule has 0 aliphatic carbocycles. The third kappa shape index (κ3) is 3.58. The Morgan fingerprint density at radius 2 is 2.22 bits per heavy atom. The van der Waals surface area contributed by atoms with E-state index in [0.29, 0.717) is 4.47 Å². The first kappa shape index (κ1) is 14.7. The number of aliphatic carboxylic acids is 1. The smallest absolute Gasteiger partial charge is 0.326 e. The second kappa shape index (κ2) is 6.56. The number of amides is 1. The molecular formula is C12H11BrClNO3. The monoisotopic (exact) mass is 331 g/mol. The summed E-state index contributed by atoms with van der Waals surface area (Å²) in [7, 11) is 0. The molecule has 0 aromatic heterocycles. The van der Waals surface area contributed by atoms with Crippen molar-refractivity contribution in [3.8, 4) is 0 Å². The van der Waals surface area contributed by atoms with E-state index in [9.17, 15) is 9.59 Å². The van der Waals surface area contributed by atoms with Crippen molar-refractivity contribution in [1.29, 1.82) is 0 Å². The standard InChI is InChI=1S/C12H11BrClNO3/c1-2-4-9(12(17)18)15-11(16)7-5-3-6-8(13)10(7)14/h2-3,5-6,9H,1,4H2,(H,15,16)(H,17,18). The maximum atomic E-state index is 11.9. The summed E-state index contributed by atoms with van der Waals surface area (Å²) >= 11 is 9.15. The van der Waals surface area contributed by atoms with Crippen LogP contribution in [0.25, 0.3) is 0 Å². The van der Waals surface area contributed by atoms with E-state index in [1.165, 1.54) is 12.1 Å². The summed E-state index contributed by atoms with van der Waals surface area (Å²) in [5, 5.41) is 11.6. The predicted molar refractivity (Wildman–Crippen MR) is 72.9 cm³/mol. The van der Waals surface area contributed by atoms with Crippen LogP contribution in [0.1, 0.15) is 16.8 Å². The van der Waals surface area contributed by atoms with Gasteiger partial charge in [-0.15, -0.1) is 6.58 Å². The van der Waals surface area contributed by atoms with Crippen LogP contribution in [-0.2, 0) is 4.79 Å². The Morgan fingerprint density at radius 1 is 1.56 bits per heavy atom. The first-order valence-corrected chi connectivity index (χ1v) is 6.23. The van der Waals surface area contributed by atoms with Gasteiger partial charge in [-0.25, -0.2) is 4.79 Å². The van der Waals surface area contributed by atoms with Gasteiger partial charge < -0.3 is 10.4 Å². The molecule has 0 heterocycles. The summed E-state index contributed by atoms with van der Waals surface area (Å²) in [5.74, 6) is -1.65. The molecule has 0 radical (unpaired) electrons. The van der Waals surface area contributed by atoms with E-state index < -0.39 is 17.9 Å². The quantitative estimate of drug-likeness (QED) is 0.815. The average molecular weight is 333 g/mol. The number of halogens is 2. The predicted octanol–water partition coefficient (Wildman–Crippen LogP) is 2.86. The zero-order valence-electron chi connectivity index (χ0n) is 9.32. The molecule has 0 saturated carbocycles. The van der Waals surface area contributed by atoms with E-state index >= 15 is 0 Å². The number of nitrogens with one attached hydrogen (secondary N) is 1. The molecule has 6 heteroatoms. The first-order chi connectivity index (χ1) is 8.47. The van der Waals surface area contributed by atoms with Gasteiger partial charge in [-0.1, -0.05) is 23.7 Å². The fourth-order valence-electron chi connectivity index (χ4n) is 1.30. The first-order valence-electron chi connectivity index (χ1n) is 5.06. The van der Waals surface area contributed by atoms with Gasteiger partial charge in [0.2, 0.25) is 0 Å². The van der Waals surface area contributed by atoms with Crippen molar-refractivity contribution in [2.45, 2.75) is 12.5 Å². The lowest BCUT2D eigenvalue weighted by molar-refractivity contribution is -0.139. The zero-order chi connectivity index (χ0) is 13.7. The number of carboxylic acids is 1. The van der Waals surface area contributed by atoms with Crippen LogP contribution in [0.15, 0.2) is 35.3 Å². The van der Waals surface area contributed by atoms with Gasteiger partial charge >= 0.3 is 5.97 Å². The largest absolute Gasteiger partial charge is 0.480 e. The molecule has 0 bridgehead atoms. The van der Waals surface area contributed by atoms with Crippen molar-refractivity contribution >= 4 is 39.4 Å². The lowest BCUT2D eigenvalue weighted by Crippen LogP contribution is -2.40. The van der Waals surface area contributed by atoms with Gasteiger partial charge in [-0.05, 0) is 34.5 Å². The Morgan fingerprint density at radius 3 is 2.78 bits per heavy atom. The molecule has 4 nitrogen and oxygen atoms in total. The summed E-state index contributed by atoms with van der Waals surface area (Å²) in [4.78, 5) is 22.8. The number of hydrogen-bond acceptors (Lipinski definition) is 2. The molecule has 2 N–H and O–H groups in total. The van der Waals surface area contributed by atoms with Crippen molar-refractivity contribution in [3.63, 3.8) is 0 Å². The molecule has 18 heavy (non-hydrogen) atoms. The molecule has 1 aromatic carbocycles. The van der Waals surface area contributed by atoms with Crippen LogP contribution < -0.4 is 5.32 Å². The van der Waals surface area contributed by atoms with Gasteiger partial charge in [0, 0.05) is 4.47 Å². The third-order valence-electron chi connectivity index (χ3n) is 2.20. The number of carboxylic acid groups (broad SMARTS) is 1. The molecule has 1 aromatic rings. The van der Waals surface area contributed by atoms with Crippen LogP contribution in [0.2, 0.25) is 5.02 Å². The van der Waals surface area contributed by atoms with E-state index in [4.69, 9.17) is 16.7 Å². The number of hydrogen-bond donors (Lipinski definition) is 2. The van der Waals surface area contributed by atoms with Gasteiger partial charge in [0.1, 0.15) is 6.04 Å². The molecule has 1 unspecified atom stereocenters. The van der Waals surface area contributed by atoms with Crippen molar-refractivity contribution in [2.24, 2.45) is 0 Å². The molecule has 0 aliphatic rings. The molecule has 1 amide bonds. The summed E-state index contributed by atoms with van der Waals surface area (Å²) in [5.41, 5.74) is 0.223. The van der Waals surface area contributed by atoms with Gasteiger partial charge in [-0.2, -0.15) is 0 Å². The zero-order valence-corrected chi connectivity index (χ0v) is 11.7. The lowest BCUT2D eigenvalue weighted by Gasteiger charge is -2.13. The maximum Gasteiger partial charge on any atom is 0.326 e. The molecule has 1 atom stereocenters. The second-order valence-corrected chi connectivity index (χ2v) is 4.72. The molecule has 1 rings (SSSR count). The Kier molecular flexibility index (Phi) is 5.37. The number of carbonyl (C=O) groups excluding carboxylic acids is 1. The minimum Gasteiger partial charge on any atom is -0.480 e. The van der Waals surface area contributed by atoms with Crippen LogP contribution in [0.3, 0.4) is 0 Å². The molecule has 96 valence electrons.